The molecule has 24 heavy (non-hydrogen) atoms. The second-order valence-corrected chi connectivity index (χ2v) is 4.87. The van der Waals surface area contributed by atoms with Crippen LogP contribution in [0.2, 0.25) is 0 Å². The molecule has 126 valence electrons. The molecular formula is C17H19N3O4. The number of ether oxygens (including phenoxy) is 2. The Morgan fingerprint density at radius 3 is 2.33 bits per heavy atom. The average Bonchev–Trinajstić information content (AvgIpc) is 2.62. The van der Waals surface area contributed by atoms with Crippen LogP contribution in [-0.4, -0.2) is 44.2 Å². The maximum absolute atomic E-state index is 11.8. The van der Waals surface area contributed by atoms with Crippen LogP contribution in [0.25, 0.3) is 0 Å². The van der Waals surface area contributed by atoms with E-state index in [1.807, 2.05) is 0 Å². The molecule has 1 aromatic heterocycles. The summed E-state index contributed by atoms with van der Waals surface area (Å²) in [5.41, 5.74) is 2.33. The molecule has 0 radical (unpaired) electrons. The third-order valence-corrected chi connectivity index (χ3v) is 3.18. The van der Waals surface area contributed by atoms with Crippen molar-refractivity contribution in [3.8, 4) is 0 Å². The van der Waals surface area contributed by atoms with Crippen LogP contribution in [0.5, 0.6) is 0 Å². The van der Waals surface area contributed by atoms with Crippen LogP contribution in [0.4, 0.5) is 11.4 Å². The van der Waals surface area contributed by atoms with Gasteiger partial charge in [0, 0.05) is 19.3 Å². The SMILES string of the molecule is COCCNC(=O)c1ccc(Nc2ccc(C(=O)OC)cc2)cn1. The zero-order valence-corrected chi connectivity index (χ0v) is 13.5. The molecule has 1 heterocycles. The summed E-state index contributed by atoms with van der Waals surface area (Å²) in [7, 11) is 2.91. The van der Waals surface area contributed by atoms with Crippen LogP contribution in [-0.2, 0) is 9.47 Å². The van der Waals surface area contributed by atoms with E-state index in [4.69, 9.17) is 4.74 Å². The molecular weight excluding hydrogens is 310 g/mol. The smallest absolute Gasteiger partial charge is 0.337 e. The van der Waals surface area contributed by atoms with Crippen LogP contribution in [0, 0.1) is 0 Å². The summed E-state index contributed by atoms with van der Waals surface area (Å²) in [6.45, 7) is 0.885. The molecule has 1 amide bonds. The molecule has 0 aliphatic rings. The van der Waals surface area contributed by atoms with Crippen molar-refractivity contribution >= 4 is 23.3 Å². The van der Waals surface area contributed by atoms with E-state index in [0.717, 1.165) is 11.4 Å². The second kappa shape index (κ2) is 8.64. The summed E-state index contributed by atoms with van der Waals surface area (Å²) in [4.78, 5) is 27.3. The fourth-order valence-electron chi connectivity index (χ4n) is 1.93. The third-order valence-electron chi connectivity index (χ3n) is 3.18. The summed E-state index contributed by atoms with van der Waals surface area (Å²) >= 11 is 0. The Kier molecular flexibility index (Phi) is 6.27. The summed E-state index contributed by atoms with van der Waals surface area (Å²) in [6.07, 6.45) is 1.57. The molecule has 1 aromatic carbocycles. The van der Waals surface area contributed by atoms with E-state index < -0.39 is 0 Å². The number of hydrogen-bond donors (Lipinski definition) is 2. The molecule has 7 heteroatoms. The van der Waals surface area contributed by atoms with E-state index in [9.17, 15) is 9.59 Å². The number of pyridine rings is 1. The van der Waals surface area contributed by atoms with Crippen molar-refractivity contribution in [3.63, 3.8) is 0 Å². The maximum Gasteiger partial charge on any atom is 0.337 e. The van der Waals surface area contributed by atoms with Gasteiger partial charge in [0.25, 0.3) is 5.91 Å². The topological polar surface area (TPSA) is 89.6 Å². The normalized spacial score (nSPS) is 10.1. The Labute approximate surface area is 140 Å². The van der Waals surface area contributed by atoms with Crippen molar-refractivity contribution < 1.29 is 19.1 Å². The minimum Gasteiger partial charge on any atom is -0.465 e. The number of amides is 1. The molecule has 0 aliphatic heterocycles. The van der Waals surface area contributed by atoms with Crippen LogP contribution in [0.3, 0.4) is 0 Å². The Bertz CT molecular complexity index is 684. The van der Waals surface area contributed by atoms with Gasteiger partial charge in [-0.2, -0.15) is 0 Å². The van der Waals surface area contributed by atoms with Gasteiger partial charge in [0.2, 0.25) is 0 Å². The van der Waals surface area contributed by atoms with Gasteiger partial charge in [-0.15, -0.1) is 0 Å². The number of hydrogen-bond acceptors (Lipinski definition) is 6. The molecule has 0 bridgehead atoms. The number of carbonyl (C=O) groups excluding carboxylic acids is 2. The molecule has 0 aliphatic carbocycles. The number of aromatic nitrogens is 1. The van der Waals surface area contributed by atoms with Gasteiger partial charge in [-0.25, -0.2) is 9.78 Å². The zero-order chi connectivity index (χ0) is 17.4. The minimum atomic E-state index is -0.382. The molecule has 0 saturated carbocycles. The summed E-state index contributed by atoms with van der Waals surface area (Å²) in [5, 5.41) is 5.84. The van der Waals surface area contributed by atoms with Gasteiger partial charge in [0.15, 0.2) is 0 Å². The highest BCUT2D eigenvalue weighted by molar-refractivity contribution is 5.92. The van der Waals surface area contributed by atoms with Gasteiger partial charge in [-0.3, -0.25) is 4.79 Å². The molecule has 2 rings (SSSR count). The molecule has 2 aromatic rings. The second-order valence-electron chi connectivity index (χ2n) is 4.87. The largest absolute Gasteiger partial charge is 0.465 e. The van der Waals surface area contributed by atoms with E-state index >= 15 is 0 Å². The van der Waals surface area contributed by atoms with Crippen LogP contribution >= 0.6 is 0 Å². The van der Waals surface area contributed by atoms with Crippen molar-refractivity contribution in [2.75, 3.05) is 32.7 Å². The van der Waals surface area contributed by atoms with Crippen LogP contribution in [0.15, 0.2) is 42.6 Å². The van der Waals surface area contributed by atoms with Gasteiger partial charge in [-0.05, 0) is 36.4 Å². The van der Waals surface area contributed by atoms with E-state index in [2.05, 4.69) is 20.4 Å². The van der Waals surface area contributed by atoms with Crippen molar-refractivity contribution in [1.29, 1.82) is 0 Å². The minimum absolute atomic E-state index is 0.249. The van der Waals surface area contributed by atoms with Gasteiger partial charge in [0.1, 0.15) is 5.69 Å². The van der Waals surface area contributed by atoms with Crippen LogP contribution in [0.1, 0.15) is 20.8 Å². The fraction of sp³-hybridized carbons (Fsp3) is 0.235. The fourth-order valence-corrected chi connectivity index (χ4v) is 1.93. The first-order valence-electron chi connectivity index (χ1n) is 7.32. The molecule has 7 nitrogen and oxygen atoms in total. The Balaban J connectivity index is 1.96. The molecule has 0 atom stereocenters. The number of nitrogens with one attached hydrogen (secondary N) is 2. The van der Waals surface area contributed by atoms with Gasteiger partial charge >= 0.3 is 5.97 Å². The first-order chi connectivity index (χ1) is 11.6. The molecule has 0 unspecified atom stereocenters. The number of anilines is 2. The lowest BCUT2D eigenvalue weighted by Gasteiger charge is -2.08. The predicted octanol–water partition coefficient (Wildman–Crippen LogP) is 1.99. The highest BCUT2D eigenvalue weighted by Gasteiger charge is 2.07. The van der Waals surface area contributed by atoms with Gasteiger partial charge in [-0.1, -0.05) is 0 Å². The average molecular weight is 329 g/mol. The third kappa shape index (κ3) is 4.79. The van der Waals surface area contributed by atoms with Crippen molar-refractivity contribution in [1.82, 2.24) is 10.3 Å². The lowest BCUT2D eigenvalue weighted by molar-refractivity contribution is 0.0600. The molecule has 0 saturated heterocycles. The zero-order valence-electron chi connectivity index (χ0n) is 13.5. The van der Waals surface area contributed by atoms with Gasteiger partial charge in [0.05, 0.1) is 31.2 Å². The van der Waals surface area contributed by atoms with Crippen molar-refractivity contribution in [2.24, 2.45) is 0 Å². The number of rotatable bonds is 7. The van der Waals surface area contributed by atoms with Crippen molar-refractivity contribution in [2.45, 2.75) is 0 Å². The Hall–Kier alpha value is -2.93. The monoisotopic (exact) mass is 329 g/mol. The lowest BCUT2D eigenvalue weighted by Crippen LogP contribution is -2.27. The Morgan fingerprint density at radius 1 is 1.04 bits per heavy atom. The quantitative estimate of drug-likeness (QED) is 0.596. The lowest BCUT2D eigenvalue weighted by atomic mass is 10.2. The highest BCUT2D eigenvalue weighted by atomic mass is 16.5. The van der Waals surface area contributed by atoms with Gasteiger partial charge < -0.3 is 20.1 Å². The number of nitrogens with zero attached hydrogens (tertiary/aromatic N) is 1. The van der Waals surface area contributed by atoms with E-state index in [-0.39, 0.29) is 11.9 Å². The van der Waals surface area contributed by atoms with E-state index in [1.54, 1.807) is 49.7 Å². The van der Waals surface area contributed by atoms with Crippen LogP contribution < -0.4 is 10.6 Å². The first-order valence-corrected chi connectivity index (χ1v) is 7.32. The Morgan fingerprint density at radius 2 is 1.75 bits per heavy atom. The molecule has 0 spiro atoms. The number of methoxy groups -OCH3 is 2. The van der Waals surface area contributed by atoms with Crippen molar-refractivity contribution in [3.05, 3.63) is 53.9 Å². The standard InChI is InChI=1S/C17H19N3O4/c1-23-10-9-18-16(21)15-8-7-14(11-19-15)20-13-5-3-12(4-6-13)17(22)24-2/h3-8,11,20H,9-10H2,1-2H3,(H,18,21). The number of benzene rings is 1. The van der Waals surface area contributed by atoms with E-state index in [0.29, 0.717) is 24.4 Å². The first kappa shape index (κ1) is 17.4. The highest BCUT2D eigenvalue weighted by Crippen LogP contribution is 2.17. The summed E-state index contributed by atoms with van der Waals surface area (Å²) < 4.78 is 9.52. The summed E-state index contributed by atoms with van der Waals surface area (Å²) in [5.74, 6) is -0.631. The predicted molar refractivity (Wildman–Crippen MR) is 89.5 cm³/mol. The molecule has 2 N–H and O–H groups in total. The van der Waals surface area contributed by atoms with E-state index in [1.165, 1.54) is 7.11 Å². The number of carbonyl (C=O) groups is 2. The summed E-state index contributed by atoms with van der Waals surface area (Å²) in [6, 6.07) is 10.2. The number of esters is 1. The maximum atomic E-state index is 11.8. The molecule has 0 fully saturated rings.